The molecule has 0 unspecified atom stereocenters. The first kappa shape index (κ1) is 12.5. The molecule has 0 aliphatic carbocycles. The Bertz CT molecular complexity index is 465. The molecular weight excluding hydrogens is 232 g/mol. The molecule has 1 aromatic carbocycles. The Balaban J connectivity index is 2.15. The molecule has 4 nitrogen and oxygen atoms in total. The van der Waals surface area contributed by atoms with Crippen molar-refractivity contribution < 1.29 is 19.4 Å². The molecule has 0 amide bonds. The van der Waals surface area contributed by atoms with E-state index in [2.05, 4.69) is 0 Å². The smallest absolute Gasteiger partial charge is 0.327 e. The number of carboxylic acids is 1. The van der Waals surface area contributed by atoms with Gasteiger partial charge in [0, 0.05) is 12.0 Å². The van der Waals surface area contributed by atoms with Crippen molar-refractivity contribution in [1.29, 1.82) is 0 Å². The van der Waals surface area contributed by atoms with Crippen LogP contribution in [0, 0.1) is 5.92 Å². The SMILES string of the molecule is CCOc1cccc2c1OC[C@@H](/C=C/C(=O)O)C2. The molecule has 96 valence electrons. The molecule has 1 heterocycles. The van der Waals surface area contributed by atoms with Crippen LogP contribution in [0.1, 0.15) is 12.5 Å². The molecule has 0 radical (unpaired) electrons. The monoisotopic (exact) mass is 248 g/mol. The van der Waals surface area contributed by atoms with Crippen molar-refractivity contribution in [2.75, 3.05) is 13.2 Å². The van der Waals surface area contributed by atoms with Crippen molar-refractivity contribution in [1.82, 2.24) is 0 Å². The first-order chi connectivity index (χ1) is 8.70. The lowest BCUT2D eigenvalue weighted by atomic mass is 9.96. The van der Waals surface area contributed by atoms with E-state index in [1.807, 2.05) is 25.1 Å². The van der Waals surface area contributed by atoms with Crippen LogP contribution in [0.15, 0.2) is 30.4 Å². The van der Waals surface area contributed by atoms with Gasteiger partial charge >= 0.3 is 5.97 Å². The summed E-state index contributed by atoms with van der Waals surface area (Å²) < 4.78 is 11.2. The van der Waals surface area contributed by atoms with Gasteiger partial charge in [-0.2, -0.15) is 0 Å². The fourth-order valence-electron chi connectivity index (χ4n) is 2.03. The molecule has 0 saturated heterocycles. The minimum absolute atomic E-state index is 0.102. The van der Waals surface area contributed by atoms with Crippen molar-refractivity contribution in [2.24, 2.45) is 5.92 Å². The number of hydrogen-bond acceptors (Lipinski definition) is 3. The van der Waals surface area contributed by atoms with Crippen LogP contribution in [0.2, 0.25) is 0 Å². The van der Waals surface area contributed by atoms with Crippen LogP contribution >= 0.6 is 0 Å². The maximum Gasteiger partial charge on any atom is 0.327 e. The molecule has 4 heteroatoms. The zero-order valence-electron chi connectivity index (χ0n) is 10.3. The van der Waals surface area contributed by atoms with Crippen molar-refractivity contribution in [3.63, 3.8) is 0 Å². The fourth-order valence-corrected chi connectivity index (χ4v) is 2.03. The van der Waals surface area contributed by atoms with Crippen molar-refractivity contribution in [3.05, 3.63) is 35.9 Å². The van der Waals surface area contributed by atoms with Gasteiger partial charge in [-0.05, 0) is 25.0 Å². The summed E-state index contributed by atoms with van der Waals surface area (Å²) >= 11 is 0. The van der Waals surface area contributed by atoms with Gasteiger partial charge in [0.1, 0.15) is 0 Å². The maximum atomic E-state index is 10.5. The van der Waals surface area contributed by atoms with E-state index in [1.54, 1.807) is 6.08 Å². The minimum Gasteiger partial charge on any atom is -0.490 e. The van der Waals surface area contributed by atoms with Gasteiger partial charge in [-0.25, -0.2) is 4.79 Å². The van der Waals surface area contributed by atoms with E-state index < -0.39 is 5.97 Å². The van der Waals surface area contributed by atoms with Gasteiger partial charge in [0.05, 0.1) is 13.2 Å². The Kier molecular flexibility index (Phi) is 3.87. The van der Waals surface area contributed by atoms with E-state index in [9.17, 15) is 4.79 Å². The molecule has 2 rings (SSSR count). The van der Waals surface area contributed by atoms with E-state index in [0.717, 1.165) is 23.5 Å². The fraction of sp³-hybridized carbons (Fsp3) is 0.357. The summed E-state index contributed by atoms with van der Waals surface area (Å²) in [5.41, 5.74) is 1.06. The minimum atomic E-state index is -0.927. The molecule has 1 N–H and O–H groups in total. The quantitative estimate of drug-likeness (QED) is 0.830. The molecule has 1 aliphatic heterocycles. The summed E-state index contributed by atoms with van der Waals surface area (Å²) in [6.07, 6.45) is 3.63. The van der Waals surface area contributed by atoms with Gasteiger partial charge < -0.3 is 14.6 Å². The van der Waals surface area contributed by atoms with Crippen molar-refractivity contribution in [3.8, 4) is 11.5 Å². The second kappa shape index (κ2) is 5.58. The number of rotatable bonds is 4. The summed E-state index contributed by atoms with van der Waals surface area (Å²) in [5.74, 6) is 0.726. The van der Waals surface area contributed by atoms with Gasteiger partial charge in [0.25, 0.3) is 0 Å². The molecule has 1 atom stereocenters. The molecule has 0 saturated carbocycles. The zero-order valence-corrected chi connectivity index (χ0v) is 10.3. The highest BCUT2D eigenvalue weighted by atomic mass is 16.5. The topological polar surface area (TPSA) is 55.8 Å². The van der Waals surface area contributed by atoms with Crippen LogP contribution in [0.3, 0.4) is 0 Å². The van der Waals surface area contributed by atoms with Crippen LogP contribution < -0.4 is 9.47 Å². The highest BCUT2D eigenvalue weighted by Crippen LogP contribution is 2.36. The Morgan fingerprint density at radius 3 is 3.17 bits per heavy atom. The van der Waals surface area contributed by atoms with Crippen LogP contribution in [-0.2, 0) is 11.2 Å². The standard InChI is InChI=1S/C14H16O4/c1-2-17-12-5-3-4-11-8-10(6-7-13(15)16)9-18-14(11)12/h3-7,10H,2,8-9H2,1H3,(H,15,16)/b7-6+/t10-/m0/s1. The predicted molar refractivity (Wildman–Crippen MR) is 67.1 cm³/mol. The van der Waals surface area contributed by atoms with Crippen LogP contribution in [0.25, 0.3) is 0 Å². The average molecular weight is 248 g/mol. The summed E-state index contributed by atoms with van der Waals surface area (Å²) in [5, 5.41) is 8.61. The highest BCUT2D eigenvalue weighted by Gasteiger charge is 2.21. The van der Waals surface area contributed by atoms with Gasteiger partial charge in [0.2, 0.25) is 0 Å². The number of aliphatic carboxylic acids is 1. The third kappa shape index (κ3) is 2.83. The zero-order chi connectivity index (χ0) is 13.0. The average Bonchev–Trinajstić information content (AvgIpc) is 2.37. The lowest BCUT2D eigenvalue weighted by molar-refractivity contribution is -0.131. The molecule has 0 spiro atoms. The lowest BCUT2D eigenvalue weighted by Gasteiger charge is -2.24. The first-order valence-electron chi connectivity index (χ1n) is 5.99. The Hall–Kier alpha value is -1.97. The molecule has 0 fully saturated rings. The number of para-hydroxylation sites is 1. The van der Waals surface area contributed by atoms with Crippen molar-refractivity contribution in [2.45, 2.75) is 13.3 Å². The second-order valence-corrected chi connectivity index (χ2v) is 4.15. The molecule has 18 heavy (non-hydrogen) atoms. The number of hydrogen-bond donors (Lipinski definition) is 1. The van der Waals surface area contributed by atoms with Gasteiger partial charge in [-0.3, -0.25) is 0 Å². The molecule has 0 bridgehead atoms. The third-order valence-electron chi connectivity index (χ3n) is 2.80. The summed E-state index contributed by atoms with van der Waals surface area (Å²) in [7, 11) is 0. The van der Waals surface area contributed by atoms with Gasteiger partial charge in [-0.15, -0.1) is 0 Å². The van der Waals surface area contributed by atoms with E-state index in [-0.39, 0.29) is 5.92 Å². The van der Waals surface area contributed by atoms with Gasteiger partial charge in [0.15, 0.2) is 11.5 Å². The van der Waals surface area contributed by atoms with E-state index >= 15 is 0 Å². The number of fused-ring (bicyclic) bond motifs is 1. The highest BCUT2D eigenvalue weighted by molar-refractivity contribution is 5.79. The van der Waals surface area contributed by atoms with Crippen molar-refractivity contribution >= 4 is 5.97 Å². The number of ether oxygens (including phenoxy) is 2. The third-order valence-corrected chi connectivity index (χ3v) is 2.80. The Morgan fingerprint density at radius 2 is 2.44 bits per heavy atom. The number of carbonyl (C=O) groups is 1. The largest absolute Gasteiger partial charge is 0.490 e. The Labute approximate surface area is 106 Å². The summed E-state index contributed by atoms with van der Waals surface area (Å²) in [6.45, 7) is 3.02. The predicted octanol–water partition coefficient (Wildman–Crippen LogP) is 2.28. The molecule has 1 aliphatic rings. The van der Waals surface area contributed by atoms with E-state index in [4.69, 9.17) is 14.6 Å². The lowest BCUT2D eigenvalue weighted by Crippen LogP contribution is -2.20. The van der Waals surface area contributed by atoms with E-state index in [1.165, 1.54) is 6.08 Å². The number of benzene rings is 1. The maximum absolute atomic E-state index is 10.5. The summed E-state index contributed by atoms with van der Waals surface area (Å²) in [4.78, 5) is 10.5. The first-order valence-corrected chi connectivity index (χ1v) is 5.99. The molecule has 1 aromatic rings. The van der Waals surface area contributed by atoms with Gasteiger partial charge in [-0.1, -0.05) is 18.2 Å². The van der Waals surface area contributed by atoms with E-state index in [0.29, 0.717) is 13.2 Å². The van der Waals surface area contributed by atoms with Crippen LogP contribution in [0.4, 0.5) is 0 Å². The summed E-state index contributed by atoms with van der Waals surface area (Å²) in [6, 6.07) is 5.80. The Morgan fingerprint density at radius 1 is 1.61 bits per heavy atom. The number of carboxylic acid groups (broad SMARTS) is 1. The normalized spacial score (nSPS) is 18.2. The molecular formula is C14H16O4. The van der Waals surface area contributed by atoms with Crippen LogP contribution in [-0.4, -0.2) is 24.3 Å². The second-order valence-electron chi connectivity index (χ2n) is 4.15. The molecule has 0 aromatic heterocycles. The van der Waals surface area contributed by atoms with Crippen LogP contribution in [0.5, 0.6) is 11.5 Å².